The second kappa shape index (κ2) is 8.49. The molecule has 7 nitrogen and oxygen atoms in total. The fourth-order valence-corrected chi connectivity index (χ4v) is 3.09. The zero-order valence-corrected chi connectivity index (χ0v) is 17.9. The average molecular weight is 409 g/mol. The predicted molar refractivity (Wildman–Crippen MR) is 117 cm³/mol. The molecule has 3 N–H and O–H groups in total. The highest BCUT2D eigenvalue weighted by Gasteiger charge is 2.17. The van der Waals surface area contributed by atoms with Gasteiger partial charge in [0.25, 0.3) is 0 Å². The Balaban J connectivity index is 1.90. The molecule has 0 atom stereocenters. The third-order valence-electron chi connectivity index (χ3n) is 4.83. The monoisotopic (exact) mass is 409 g/mol. The number of anilines is 2. The molecule has 0 bridgehead atoms. The van der Waals surface area contributed by atoms with Crippen LogP contribution in [0.3, 0.4) is 0 Å². The van der Waals surface area contributed by atoms with E-state index in [9.17, 15) is 4.79 Å². The normalized spacial score (nSPS) is 11.2. The lowest BCUT2D eigenvalue weighted by molar-refractivity contribution is 0.192. The Labute approximate surface area is 176 Å². The first-order valence-electron chi connectivity index (χ1n) is 9.66. The van der Waals surface area contributed by atoms with Crippen LogP contribution in [0, 0.1) is 6.92 Å². The number of carboxylic acid groups (broad SMARTS) is 1. The highest BCUT2D eigenvalue weighted by Crippen LogP contribution is 2.34. The molecule has 0 spiro atoms. The molecule has 1 heterocycles. The van der Waals surface area contributed by atoms with Gasteiger partial charge in [0.1, 0.15) is 11.4 Å². The van der Waals surface area contributed by atoms with Crippen LogP contribution in [-0.2, 0) is 12.0 Å². The number of amides is 1. The van der Waals surface area contributed by atoms with E-state index in [0.29, 0.717) is 11.5 Å². The molecule has 0 aliphatic carbocycles. The minimum Gasteiger partial charge on any atom is -0.495 e. The summed E-state index contributed by atoms with van der Waals surface area (Å²) in [4.78, 5) is 10.7. The van der Waals surface area contributed by atoms with Crippen LogP contribution < -0.4 is 15.4 Å². The number of aryl methyl sites for hydroxylation is 1. The highest BCUT2D eigenvalue weighted by atomic mass is 16.5. The van der Waals surface area contributed by atoms with Gasteiger partial charge in [-0.3, -0.25) is 0 Å². The minimum absolute atomic E-state index is 0.0161. The molecule has 3 rings (SSSR count). The predicted octanol–water partition coefficient (Wildman–Crippen LogP) is 5.47. The first-order chi connectivity index (χ1) is 14.2. The van der Waals surface area contributed by atoms with Crippen LogP contribution in [0.4, 0.5) is 16.2 Å². The Hall–Kier alpha value is -3.48. The van der Waals surface area contributed by atoms with Crippen molar-refractivity contribution < 1.29 is 19.2 Å². The highest BCUT2D eigenvalue weighted by molar-refractivity contribution is 5.74. The number of nitrogens with zero attached hydrogens (tertiary/aromatic N) is 1. The SMILES string of the molecule is COc1ccc(C(C)(C)C)cc1Nc1ccc(C)c(-c2cc(CNC(=O)O)on2)c1. The van der Waals surface area contributed by atoms with Crippen molar-refractivity contribution >= 4 is 17.5 Å². The summed E-state index contributed by atoms with van der Waals surface area (Å²) in [6.07, 6.45) is -1.11. The van der Waals surface area contributed by atoms with Gasteiger partial charge < -0.3 is 25.0 Å². The van der Waals surface area contributed by atoms with Crippen molar-refractivity contribution in [3.05, 3.63) is 59.4 Å². The molecular formula is C23H27N3O4. The third-order valence-corrected chi connectivity index (χ3v) is 4.83. The first-order valence-corrected chi connectivity index (χ1v) is 9.66. The van der Waals surface area contributed by atoms with Gasteiger partial charge in [0, 0.05) is 17.3 Å². The van der Waals surface area contributed by atoms with Crippen molar-refractivity contribution in [1.29, 1.82) is 0 Å². The Morgan fingerprint density at radius 2 is 1.93 bits per heavy atom. The zero-order chi connectivity index (χ0) is 21.9. The fourth-order valence-electron chi connectivity index (χ4n) is 3.09. The van der Waals surface area contributed by atoms with Gasteiger partial charge in [-0.05, 0) is 47.7 Å². The van der Waals surface area contributed by atoms with Crippen LogP contribution in [0.15, 0.2) is 47.0 Å². The molecule has 158 valence electrons. The molecule has 30 heavy (non-hydrogen) atoms. The van der Waals surface area contributed by atoms with E-state index in [1.165, 1.54) is 5.56 Å². The molecule has 7 heteroatoms. The molecule has 2 aromatic carbocycles. The summed E-state index contributed by atoms with van der Waals surface area (Å²) >= 11 is 0. The van der Waals surface area contributed by atoms with Crippen LogP contribution in [0.2, 0.25) is 0 Å². The number of carbonyl (C=O) groups is 1. The van der Waals surface area contributed by atoms with Crippen molar-refractivity contribution in [3.63, 3.8) is 0 Å². The van der Waals surface area contributed by atoms with E-state index in [1.54, 1.807) is 13.2 Å². The summed E-state index contributed by atoms with van der Waals surface area (Å²) in [5.74, 6) is 1.21. The minimum atomic E-state index is -1.11. The Morgan fingerprint density at radius 3 is 2.60 bits per heavy atom. The molecule has 0 saturated heterocycles. The maximum absolute atomic E-state index is 10.7. The van der Waals surface area contributed by atoms with Crippen molar-refractivity contribution in [2.75, 3.05) is 12.4 Å². The number of hydrogen-bond acceptors (Lipinski definition) is 5. The maximum atomic E-state index is 10.7. The lowest BCUT2D eigenvalue weighted by Crippen LogP contribution is -2.19. The molecular weight excluding hydrogens is 382 g/mol. The molecule has 0 radical (unpaired) electrons. The number of rotatable bonds is 6. The van der Waals surface area contributed by atoms with E-state index in [-0.39, 0.29) is 12.0 Å². The Morgan fingerprint density at radius 1 is 1.17 bits per heavy atom. The van der Waals surface area contributed by atoms with Crippen molar-refractivity contribution in [1.82, 2.24) is 10.5 Å². The number of methoxy groups -OCH3 is 1. The molecule has 3 aromatic rings. The maximum Gasteiger partial charge on any atom is 0.405 e. The van der Waals surface area contributed by atoms with E-state index in [0.717, 1.165) is 28.3 Å². The van der Waals surface area contributed by atoms with E-state index < -0.39 is 6.09 Å². The molecule has 0 aliphatic heterocycles. The van der Waals surface area contributed by atoms with E-state index >= 15 is 0 Å². The first kappa shape index (κ1) is 21.2. The van der Waals surface area contributed by atoms with Gasteiger partial charge >= 0.3 is 6.09 Å². The number of ether oxygens (including phenoxy) is 1. The molecule has 0 aliphatic rings. The zero-order valence-electron chi connectivity index (χ0n) is 17.9. The van der Waals surface area contributed by atoms with Gasteiger partial charge in [-0.25, -0.2) is 4.79 Å². The Bertz CT molecular complexity index is 1050. The van der Waals surface area contributed by atoms with Crippen molar-refractivity contribution in [3.8, 4) is 17.0 Å². The second-order valence-corrected chi connectivity index (χ2v) is 8.16. The quantitative estimate of drug-likeness (QED) is 0.500. The summed E-state index contributed by atoms with van der Waals surface area (Å²) in [6, 6.07) is 13.9. The second-order valence-electron chi connectivity index (χ2n) is 8.16. The van der Waals surface area contributed by atoms with Crippen molar-refractivity contribution in [2.45, 2.75) is 39.7 Å². The smallest absolute Gasteiger partial charge is 0.405 e. The molecule has 1 aromatic heterocycles. The van der Waals surface area contributed by atoms with Crippen LogP contribution in [0.1, 0.15) is 37.7 Å². The lowest BCUT2D eigenvalue weighted by atomic mass is 9.87. The average Bonchev–Trinajstić information content (AvgIpc) is 3.16. The van der Waals surface area contributed by atoms with Gasteiger partial charge in [0.05, 0.1) is 19.3 Å². The number of aromatic nitrogens is 1. The summed E-state index contributed by atoms with van der Waals surface area (Å²) in [5.41, 5.74) is 5.55. The summed E-state index contributed by atoms with van der Waals surface area (Å²) < 4.78 is 10.8. The molecule has 0 fully saturated rings. The molecule has 1 amide bonds. The van der Waals surface area contributed by atoms with Gasteiger partial charge in [0.2, 0.25) is 0 Å². The largest absolute Gasteiger partial charge is 0.495 e. The fraction of sp³-hybridized carbons (Fsp3) is 0.304. The lowest BCUT2D eigenvalue weighted by Gasteiger charge is -2.21. The number of hydrogen-bond donors (Lipinski definition) is 3. The molecule has 0 saturated carbocycles. The van der Waals surface area contributed by atoms with Crippen LogP contribution in [0.25, 0.3) is 11.3 Å². The summed E-state index contributed by atoms with van der Waals surface area (Å²) in [7, 11) is 1.65. The Kier molecular flexibility index (Phi) is 6.01. The summed E-state index contributed by atoms with van der Waals surface area (Å²) in [6.45, 7) is 8.57. The molecule has 0 unspecified atom stereocenters. The number of nitrogens with one attached hydrogen (secondary N) is 2. The van der Waals surface area contributed by atoms with Crippen LogP contribution in [0.5, 0.6) is 5.75 Å². The van der Waals surface area contributed by atoms with Gasteiger partial charge in [-0.2, -0.15) is 0 Å². The summed E-state index contributed by atoms with van der Waals surface area (Å²) in [5, 5.41) is 18.6. The van der Waals surface area contributed by atoms with E-state index in [1.807, 2.05) is 31.2 Å². The van der Waals surface area contributed by atoms with Crippen molar-refractivity contribution in [2.24, 2.45) is 0 Å². The third kappa shape index (κ3) is 4.92. The number of benzene rings is 2. The van der Waals surface area contributed by atoms with Crippen LogP contribution in [-0.4, -0.2) is 23.5 Å². The topological polar surface area (TPSA) is 96.6 Å². The standard InChI is InChI=1S/C23H27N3O4/c1-14-6-8-16(11-18(14)19-12-17(30-26-19)13-24-22(27)28)25-20-10-15(23(2,3)4)7-9-21(20)29-5/h6-12,24-25H,13H2,1-5H3,(H,27,28). The van der Waals surface area contributed by atoms with Gasteiger partial charge in [0.15, 0.2) is 5.76 Å². The van der Waals surface area contributed by atoms with Crippen LogP contribution >= 0.6 is 0 Å². The van der Waals surface area contributed by atoms with E-state index in [2.05, 4.69) is 48.7 Å². The van der Waals surface area contributed by atoms with Gasteiger partial charge in [-0.1, -0.05) is 38.1 Å². The van der Waals surface area contributed by atoms with E-state index in [4.69, 9.17) is 14.4 Å². The van der Waals surface area contributed by atoms with Gasteiger partial charge in [-0.15, -0.1) is 0 Å².